The number of nitrogens with one attached hydrogen (secondary N) is 2. The van der Waals surface area contributed by atoms with Crippen LogP contribution >= 0.6 is 0 Å². The van der Waals surface area contributed by atoms with Gasteiger partial charge in [-0.25, -0.2) is 8.42 Å². The summed E-state index contributed by atoms with van der Waals surface area (Å²) >= 11 is 0. The van der Waals surface area contributed by atoms with Crippen molar-refractivity contribution in [1.82, 2.24) is 0 Å². The standard InChI is InChI=1S/C18H20N2O4S/c1-3-4-18(22)14-5-7-16(8-6-14)20-25(23,24)17-11-9-15(10-12-17)19-13(2)21/h5-12,20H,3-4H2,1-2H3,(H,19,21). The van der Waals surface area contributed by atoms with Gasteiger partial charge in [0, 0.05) is 30.3 Å². The van der Waals surface area contributed by atoms with E-state index in [0.717, 1.165) is 6.42 Å². The van der Waals surface area contributed by atoms with Gasteiger partial charge in [0.25, 0.3) is 10.0 Å². The Bertz CT molecular complexity index is 857. The van der Waals surface area contributed by atoms with E-state index in [4.69, 9.17) is 0 Å². The fraction of sp³-hybridized carbons (Fsp3) is 0.222. The summed E-state index contributed by atoms with van der Waals surface area (Å²) in [6, 6.07) is 12.2. The third-order valence-corrected chi connectivity index (χ3v) is 4.82. The fourth-order valence-electron chi connectivity index (χ4n) is 2.23. The Kier molecular flexibility index (Phi) is 5.93. The average molecular weight is 360 g/mol. The van der Waals surface area contributed by atoms with Gasteiger partial charge >= 0.3 is 0 Å². The second-order valence-corrected chi connectivity index (χ2v) is 7.24. The highest BCUT2D eigenvalue weighted by molar-refractivity contribution is 7.92. The van der Waals surface area contributed by atoms with E-state index in [2.05, 4.69) is 10.0 Å². The Morgan fingerprint density at radius 1 is 0.920 bits per heavy atom. The number of sulfonamides is 1. The molecule has 0 spiro atoms. The number of hydrogen-bond acceptors (Lipinski definition) is 4. The maximum Gasteiger partial charge on any atom is 0.261 e. The lowest BCUT2D eigenvalue weighted by Gasteiger charge is -2.09. The SMILES string of the molecule is CCCC(=O)c1ccc(NS(=O)(=O)c2ccc(NC(C)=O)cc2)cc1. The van der Waals surface area contributed by atoms with Crippen molar-refractivity contribution >= 4 is 33.1 Å². The number of Topliss-reactive ketones (excluding diaryl/α,β-unsaturated/α-hetero) is 1. The monoisotopic (exact) mass is 360 g/mol. The van der Waals surface area contributed by atoms with Crippen LogP contribution in [0.25, 0.3) is 0 Å². The Hall–Kier alpha value is -2.67. The molecular formula is C18H20N2O4S. The van der Waals surface area contributed by atoms with E-state index >= 15 is 0 Å². The Balaban J connectivity index is 2.12. The van der Waals surface area contributed by atoms with Crippen molar-refractivity contribution in [3.8, 4) is 0 Å². The molecule has 0 aromatic heterocycles. The van der Waals surface area contributed by atoms with Gasteiger partial charge in [0.2, 0.25) is 5.91 Å². The first-order valence-corrected chi connectivity index (χ1v) is 9.34. The van der Waals surface area contributed by atoms with E-state index in [9.17, 15) is 18.0 Å². The van der Waals surface area contributed by atoms with Crippen LogP contribution < -0.4 is 10.0 Å². The molecule has 0 aliphatic heterocycles. The van der Waals surface area contributed by atoms with Gasteiger partial charge in [0.05, 0.1) is 4.90 Å². The summed E-state index contributed by atoms with van der Waals surface area (Å²) < 4.78 is 27.2. The predicted octanol–water partition coefficient (Wildman–Crippen LogP) is 3.43. The van der Waals surface area contributed by atoms with Crippen molar-refractivity contribution in [1.29, 1.82) is 0 Å². The molecule has 132 valence electrons. The van der Waals surface area contributed by atoms with Gasteiger partial charge in [-0.2, -0.15) is 0 Å². The van der Waals surface area contributed by atoms with Gasteiger partial charge in [0.15, 0.2) is 5.78 Å². The third-order valence-electron chi connectivity index (χ3n) is 3.42. The fourth-order valence-corrected chi connectivity index (χ4v) is 3.29. The zero-order valence-corrected chi connectivity index (χ0v) is 14.9. The third kappa shape index (κ3) is 5.15. The number of amides is 1. The number of hydrogen-bond donors (Lipinski definition) is 2. The molecule has 2 aromatic rings. The molecule has 2 N–H and O–H groups in total. The van der Waals surface area contributed by atoms with E-state index < -0.39 is 10.0 Å². The van der Waals surface area contributed by atoms with Crippen LogP contribution in [-0.4, -0.2) is 20.1 Å². The molecule has 6 nitrogen and oxygen atoms in total. The maximum absolute atomic E-state index is 12.4. The molecule has 0 fully saturated rings. The van der Waals surface area contributed by atoms with Crippen LogP contribution in [0.15, 0.2) is 53.4 Å². The van der Waals surface area contributed by atoms with Gasteiger partial charge in [-0.15, -0.1) is 0 Å². The van der Waals surface area contributed by atoms with Crippen LogP contribution in [0.1, 0.15) is 37.0 Å². The summed E-state index contributed by atoms with van der Waals surface area (Å²) in [5.41, 5.74) is 1.45. The van der Waals surface area contributed by atoms with Crippen molar-refractivity contribution in [2.45, 2.75) is 31.6 Å². The molecular weight excluding hydrogens is 340 g/mol. The summed E-state index contributed by atoms with van der Waals surface area (Å²) in [4.78, 5) is 22.9. The molecule has 0 aliphatic rings. The second-order valence-electron chi connectivity index (χ2n) is 5.56. The zero-order chi connectivity index (χ0) is 18.4. The first-order chi connectivity index (χ1) is 11.8. The van der Waals surface area contributed by atoms with E-state index in [1.807, 2.05) is 6.92 Å². The molecule has 2 aromatic carbocycles. The van der Waals surface area contributed by atoms with Crippen LogP contribution in [0.2, 0.25) is 0 Å². The Labute approximate surface area is 147 Å². The second kappa shape index (κ2) is 7.94. The van der Waals surface area contributed by atoms with Crippen LogP contribution in [0.5, 0.6) is 0 Å². The van der Waals surface area contributed by atoms with Gasteiger partial charge < -0.3 is 5.32 Å². The smallest absolute Gasteiger partial charge is 0.261 e. The Morgan fingerprint density at radius 2 is 1.48 bits per heavy atom. The first kappa shape index (κ1) is 18.7. The lowest BCUT2D eigenvalue weighted by Crippen LogP contribution is -2.13. The summed E-state index contributed by atoms with van der Waals surface area (Å²) in [5.74, 6) is -0.197. The highest BCUT2D eigenvalue weighted by Crippen LogP contribution is 2.19. The van der Waals surface area contributed by atoms with Crippen molar-refractivity contribution in [2.75, 3.05) is 10.0 Å². The van der Waals surface area contributed by atoms with E-state index in [-0.39, 0.29) is 16.6 Å². The van der Waals surface area contributed by atoms with Crippen molar-refractivity contribution in [3.05, 3.63) is 54.1 Å². The van der Waals surface area contributed by atoms with Gasteiger partial charge in [-0.05, 0) is 55.0 Å². The topological polar surface area (TPSA) is 92.3 Å². The normalized spacial score (nSPS) is 11.0. The average Bonchev–Trinajstić information content (AvgIpc) is 2.55. The molecule has 0 saturated carbocycles. The highest BCUT2D eigenvalue weighted by atomic mass is 32.2. The summed E-state index contributed by atoms with van der Waals surface area (Å²) in [6.07, 6.45) is 1.23. The zero-order valence-electron chi connectivity index (χ0n) is 14.1. The van der Waals surface area contributed by atoms with Crippen molar-refractivity contribution < 1.29 is 18.0 Å². The van der Waals surface area contributed by atoms with Gasteiger partial charge in [0.1, 0.15) is 0 Å². The van der Waals surface area contributed by atoms with Crippen LogP contribution in [0.4, 0.5) is 11.4 Å². The molecule has 0 unspecified atom stereocenters. The van der Waals surface area contributed by atoms with E-state index in [1.54, 1.807) is 24.3 Å². The van der Waals surface area contributed by atoms with Crippen molar-refractivity contribution in [2.24, 2.45) is 0 Å². The number of carbonyl (C=O) groups excluding carboxylic acids is 2. The minimum atomic E-state index is -3.75. The Morgan fingerprint density at radius 3 is 2.00 bits per heavy atom. The molecule has 0 heterocycles. The molecule has 25 heavy (non-hydrogen) atoms. The summed E-state index contributed by atoms with van der Waals surface area (Å²) in [6.45, 7) is 3.30. The van der Waals surface area contributed by atoms with E-state index in [1.165, 1.54) is 31.2 Å². The summed E-state index contributed by atoms with van der Waals surface area (Å²) in [5, 5.41) is 2.57. The van der Waals surface area contributed by atoms with E-state index in [0.29, 0.717) is 23.4 Å². The largest absolute Gasteiger partial charge is 0.326 e. The number of rotatable bonds is 7. The molecule has 0 aliphatic carbocycles. The number of ketones is 1. The number of benzene rings is 2. The van der Waals surface area contributed by atoms with Crippen LogP contribution in [0.3, 0.4) is 0 Å². The number of anilines is 2. The molecule has 0 saturated heterocycles. The van der Waals surface area contributed by atoms with Crippen molar-refractivity contribution in [3.63, 3.8) is 0 Å². The van der Waals surface area contributed by atoms with Gasteiger partial charge in [-0.1, -0.05) is 6.92 Å². The molecule has 0 atom stereocenters. The quantitative estimate of drug-likeness (QED) is 0.740. The van der Waals surface area contributed by atoms with Crippen LogP contribution in [0, 0.1) is 0 Å². The molecule has 0 bridgehead atoms. The lowest BCUT2D eigenvalue weighted by atomic mass is 10.1. The highest BCUT2D eigenvalue weighted by Gasteiger charge is 2.14. The summed E-state index contributed by atoms with van der Waals surface area (Å²) in [7, 11) is -3.75. The van der Waals surface area contributed by atoms with Gasteiger partial charge in [-0.3, -0.25) is 14.3 Å². The first-order valence-electron chi connectivity index (χ1n) is 7.85. The molecule has 1 amide bonds. The predicted molar refractivity (Wildman–Crippen MR) is 97.2 cm³/mol. The number of carbonyl (C=O) groups is 2. The van der Waals surface area contributed by atoms with Crippen LogP contribution in [-0.2, 0) is 14.8 Å². The lowest BCUT2D eigenvalue weighted by molar-refractivity contribution is -0.114. The maximum atomic E-state index is 12.4. The minimum Gasteiger partial charge on any atom is -0.326 e. The minimum absolute atomic E-state index is 0.0328. The molecule has 2 rings (SSSR count). The molecule has 7 heteroatoms. The molecule has 0 radical (unpaired) electrons.